The highest BCUT2D eigenvalue weighted by atomic mass is 15.2. The van der Waals surface area contributed by atoms with Crippen LogP contribution in [0.4, 0.5) is 5.82 Å². The molecule has 0 saturated heterocycles. The Morgan fingerprint density at radius 1 is 1.33 bits per heavy atom. The van der Waals surface area contributed by atoms with Crippen molar-refractivity contribution in [3.63, 3.8) is 0 Å². The average Bonchev–Trinajstić information content (AvgIpc) is 2.28. The van der Waals surface area contributed by atoms with E-state index < -0.39 is 0 Å². The van der Waals surface area contributed by atoms with E-state index in [1.165, 1.54) is 17.5 Å². The first-order chi connectivity index (χ1) is 8.45. The standard InChI is InChI=1S/C15H27N3/c1-11(2)7-13(4)18(6)15-12(3)8-14(9-16-5)10-17-15/h8,10-11,13,16H,7,9H2,1-6H3. The highest BCUT2D eigenvalue weighted by Gasteiger charge is 2.14. The van der Waals surface area contributed by atoms with Crippen LogP contribution in [-0.2, 0) is 6.54 Å². The molecule has 0 spiro atoms. The predicted molar refractivity (Wildman–Crippen MR) is 79.1 cm³/mol. The molecule has 102 valence electrons. The molecule has 1 unspecified atom stereocenters. The van der Waals surface area contributed by atoms with Crippen molar-refractivity contribution in [2.24, 2.45) is 5.92 Å². The number of hydrogen-bond donors (Lipinski definition) is 1. The van der Waals surface area contributed by atoms with Gasteiger partial charge in [0.25, 0.3) is 0 Å². The number of aryl methyl sites for hydroxylation is 1. The van der Waals surface area contributed by atoms with Gasteiger partial charge in [-0.25, -0.2) is 4.98 Å². The number of rotatable bonds is 6. The number of nitrogens with one attached hydrogen (secondary N) is 1. The highest BCUT2D eigenvalue weighted by Crippen LogP contribution is 2.21. The molecule has 0 aliphatic carbocycles. The van der Waals surface area contributed by atoms with E-state index in [9.17, 15) is 0 Å². The summed E-state index contributed by atoms with van der Waals surface area (Å²) in [5.41, 5.74) is 2.49. The highest BCUT2D eigenvalue weighted by molar-refractivity contribution is 5.47. The lowest BCUT2D eigenvalue weighted by molar-refractivity contribution is 0.501. The van der Waals surface area contributed by atoms with Crippen molar-refractivity contribution in [3.05, 3.63) is 23.4 Å². The second-order valence-corrected chi connectivity index (χ2v) is 5.60. The summed E-state index contributed by atoms with van der Waals surface area (Å²) < 4.78 is 0. The van der Waals surface area contributed by atoms with Crippen molar-refractivity contribution in [2.45, 2.75) is 46.7 Å². The molecular weight excluding hydrogens is 222 g/mol. The molecule has 3 nitrogen and oxygen atoms in total. The maximum Gasteiger partial charge on any atom is 0.131 e. The molecule has 1 aromatic heterocycles. The van der Waals surface area contributed by atoms with Crippen LogP contribution in [0.5, 0.6) is 0 Å². The first kappa shape index (κ1) is 15.0. The first-order valence-electron chi connectivity index (χ1n) is 6.78. The Morgan fingerprint density at radius 2 is 2.00 bits per heavy atom. The summed E-state index contributed by atoms with van der Waals surface area (Å²) in [4.78, 5) is 6.90. The van der Waals surface area contributed by atoms with Gasteiger partial charge < -0.3 is 10.2 Å². The number of pyridine rings is 1. The van der Waals surface area contributed by atoms with Crippen LogP contribution in [-0.4, -0.2) is 25.1 Å². The zero-order valence-electron chi connectivity index (χ0n) is 12.6. The van der Waals surface area contributed by atoms with E-state index in [1.807, 2.05) is 13.2 Å². The molecule has 0 amide bonds. The molecule has 18 heavy (non-hydrogen) atoms. The van der Waals surface area contributed by atoms with Crippen molar-refractivity contribution in [1.29, 1.82) is 0 Å². The van der Waals surface area contributed by atoms with E-state index in [2.05, 4.69) is 56.0 Å². The summed E-state index contributed by atoms with van der Waals surface area (Å²) in [6, 6.07) is 2.74. The van der Waals surface area contributed by atoms with Crippen molar-refractivity contribution in [2.75, 3.05) is 19.0 Å². The van der Waals surface area contributed by atoms with Gasteiger partial charge >= 0.3 is 0 Å². The van der Waals surface area contributed by atoms with Gasteiger partial charge in [-0.1, -0.05) is 13.8 Å². The normalized spacial score (nSPS) is 12.8. The minimum atomic E-state index is 0.520. The van der Waals surface area contributed by atoms with E-state index in [0.29, 0.717) is 12.0 Å². The van der Waals surface area contributed by atoms with Gasteiger partial charge in [0, 0.05) is 25.8 Å². The van der Waals surface area contributed by atoms with E-state index in [-0.39, 0.29) is 0 Å². The van der Waals surface area contributed by atoms with Crippen LogP contribution < -0.4 is 10.2 Å². The first-order valence-corrected chi connectivity index (χ1v) is 6.78. The number of anilines is 1. The molecule has 1 rings (SSSR count). The molecule has 0 aliphatic heterocycles. The molecular formula is C15H27N3. The van der Waals surface area contributed by atoms with Crippen LogP contribution in [0.25, 0.3) is 0 Å². The van der Waals surface area contributed by atoms with Crippen molar-refractivity contribution in [3.8, 4) is 0 Å². The summed E-state index contributed by atoms with van der Waals surface area (Å²) in [5.74, 6) is 1.81. The lowest BCUT2D eigenvalue weighted by atomic mass is 10.0. The second-order valence-electron chi connectivity index (χ2n) is 5.60. The Morgan fingerprint density at radius 3 is 2.50 bits per heavy atom. The van der Waals surface area contributed by atoms with Crippen molar-refractivity contribution in [1.82, 2.24) is 10.3 Å². The van der Waals surface area contributed by atoms with Gasteiger partial charge in [0.2, 0.25) is 0 Å². The van der Waals surface area contributed by atoms with Gasteiger partial charge in [0.1, 0.15) is 5.82 Å². The van der Waals surface area contributed by atoms with Crippen molar-refractivity contribution < 1.29 is 0 Å². The summed E-state index contributed by atoms with van der Waals surface area (Å²) in [5, 5.41) is 3.16. The van der Waals surface area contributed by atoms with E-state index in [0.717, 1.165) is 12.4 Å². The number of aromatic nitrogens is 1. The zero-order valence-corrected chi connectivity index (χ0v) is 12.6. The number of nitrogens with zero attached hydrogens (tertiary/aromatic N) is 2. The lowest BCUT2D eigenvalue weighted by Crippen LogP contribution is -2.31. The quantitative estimate of drug-likeness (QED) is 0.840. The summed E-state index contributed by atoms with van der Waals surface area (Å²) >= 11 is 0. The van der Waals surface area contributed by atoms with Crippen LogP contribution in [0.15, 0.2) is 12.3 Å². The minimum absolute atomic E-state index is 0.520. The number of hydrogen-bond acceptors (Lipinski definition) is 3. The van der Waals surface area contributed by atoms with Gasteiger partial charge in [0.15, 0.2) is 0 Å². The maximum atomic E-state index is 4.61. The van der Waals surface area contributed by atoms with Crippen molar-refractivity contribution >= 4 is 5.82 Å². The Hall–Kier alpha value is -1.09. The molecule has 1 N–H and O–H groups in total. The molecule has 0 aromatic carbocycles. The van der Waals surface area contributed by atoms with Gasteiger partial charge in [-0.15, -0.1) is 0 Å². The summed E-state index contributed by atoms with van der Waals surface area (Å²) in [6.45, 7) is 9.81. The molecule has 1 atom stereocenters. The molecule has 0 saturated carbocycles. The Balaban J connectivity index is 2.82. The van der Waals surface area contributed by atoms with Gasteiger partial charge in [-0.3, -0.25) is 0 Å². The Bertz CT molecular complexity index is 374. The molecule has 3 heteroatoms. The smallest absolute Gasteiger partial charge is 0.131 e. The molecule has 0 fully saturated rings. The van der Waals surface area contributed by atoms with Crippen LogP contribution in [0.1, 0.15) is 38.3 Å². The fourth-order valence-electron chi connectivity index (χ4n) is 2.34. The molecule has 0 radical (unpaired) electrons. The Kier molecular flexibility index (Phi) is 5.60. The topological polar surface area (TPSA) is 28.2 Å². The van der Waals surface area contributed by atoms with E-state index >= 15 is 0 Å². The zero-order chi connectivity index (χ0) is 13.7. The largest absolute Gasteiger partial charge is 0.357 e. The van der Waals surface area contributed by atoms with Crippen LogP contribution in [0.2, 0.25) is 0 Å². The van der Waals surface area contributed by atoms with Crippen LogP contribution in [0, 0.1) is 12.8 Å². The van der Waals surface area contributed by atoms with E-state index in [1.54, 1.807) is 0 Å². The third-order valence-electron chi connectivity index (χ3n) is 3.30. The third kappa shape index (κ3) is 3.98. The SMILES string of the molecule is CNCc1cnc(N(C)C(C)CC(C)C)c(C)c1. The van der Waals surface area contributed by atoms with E-state index in [4.69, 9.17) is 0 Å². The van der Waals surface area contributed by atoms with Crippen LogP contribution >= 0.6 is 0 Å². The molecule has 0 aliphatic rings. The Labute approximate surface area is 112 Å². The maximum absolute atomic E-state index is 4.61. The second kappa shape index (κ2) is 6.74. The summed E-state index contributed by atoms with van der Waals surface area (Å²) in [6.07, 6.45) is 3.16. The minimum Gasteiger partial charge on any atom is -0.357 e. The molecule has 1 aromatic rings. The van der Waals surface area contributed by atoms with Crippen LogP contribution in [0.3, 0.4) is 0 Å². The summed E-state index contributed by atoms with van der Waals surface area (Å²) in [7, 11) is 4.10. The fraction of sp³-hybridized carbons (Fsp3) is 0.667. The predicted octanol–water partition coefficient (Wildman–Crippen LogP) is 2.98. The molecule has 0 bridgehead atoms. The molecule has 1 heterocycles. The average molecular weight is 249 g/mol. The van der Waals surface area contributed by atoms with Gasteiger partial charge in [-0.2, -0.15) is 0 Å². The monoisotopic (exact) mass is 249 g/mol. The lowest BCUT2D eigenvalue weighted by Gasteiger charge is -2.28. The van der Waals surface area contributed by atoms with Gasteiger partial charge in [0.05, 0.1) is 0 Å². The van der Waals surface area contributed by atoms with Gasteiger partial charge in [-0.05, 0) is 50.4 Å². The fourth-order valence-corrected chi connectivity index (χ4v) is 2.34. The third-order valence-corrected chi connectivity index (χ3v) is 3.30.